The van der Waals surface area contributed by atoms with Gasteiger partial charge in [-0.1, -0.05) is 0 Å². The van der Waals surface area contributed by atoms with Crippen LogP contribution in [0, 0.1) is 0 Å². The summed E-state index contributed by atoms with van der Waals surface area (Å²) in [5, 5.41) is 12.4. The topological polar surface area (TPSA) is 63.6 Å². The minimum atomic E-state index is -0.985. The van der Waals surface area contributed by atoms with Crippen LogP contribution in [-0.2, 0) is 4.79 Å². The van der Waals surface area contributed by atoms with Gasteiger partial charge in [0.15, 0.2) is 0 Å². The summed E-state index contributed by atoms with van der Waals surface area (Å²) >= 11 is 2.65. The van der Waals surface area contributed by atoms with Crippen LogP contribution in [0.25, 0.3) is 9.75 Å². The van der Waals surface area contributed by atoms with Crippen molar-refractivity contribution in [2.75, 3.05) is 0 Å². The molecule has 0 bridgehead atoms. The van der Waals surface area contributed by atoms with Crippen molar-refractivity contribution in [1.29, 1.82) is 0 Å². The maximum Gasteiger partial charge on any atom is 0.337 e. The molecular formula is C10H6O4S2. The van der Waals surface area contributed by atoms with Crippen LogP contribution in [-0.4, -0.2) is 17.5 Å². The first-order valence-corrected chi connectivity index (χ1v) is 5.99. The first-order valence-electron chi connectivity index (χ1n) is 4.23. The van der Waals surface area contributed by atoms with Crippen LogP contribution < -0.4 is 4.74 Å². The maximum absolute atomic E-state index is 10.9. The summed E-state index contributed by atoms with van der Waals surface area (Å²) in [6, 6.07) is 3.17. The zero-order chi connectivity index (χ0) is 11.5. The Bertz CT molecular complexity index is 526. The Morgan fingerprint density at radius 3 is 2.62 bits per heavy atom. The van der Waals surface area contributed by atoms with Crippen LogP contribution in [0.5, 0.6) is 5.75 Å². The Labute approximate surface area is 98.7 Å². The molecule has 2 heterocycles. The summed E-state index contributed by atoms with van der Waals surface area (Å²) in [5.41, 5.74) is 0.225. The first-order chi connectivity index (χ1) is 7.74. The molecule has 0 saturated heterocycles. The Balaban J connectivity index is 2.50. The van der Waals surface area contributed by atoms with Crippen molar-refractivity contribution in [2.45, 2.75) is 0 Å². The van der Waals surface area contributed by atoms with Gasteiger partial charge in [-0.2, -0.15) is 0 Å². The summed E-state index contributed by atoms with van der Waals surface area (Å²) in [4.78, 5) is 22.5. The first kappa shape index (κ1) is 10.8. The molecule has 0 amide bonds. The zero-order valence-electron chi connectivity index (χ0n) is 7.88. The van der Waals surface area contributed by atoms with Crippen LogP contribution >= 0.6 is 22.7 Å². The maximum atomic E-state index is 10.9. The number of thiophene rings is 2. The number of hydrogen-bond acceptors (Lipinski definition) is 5. The smallest absolute Gasteiger partial charge is 0.337 e. The number of carboxylic acids is 1. The van der Waals surface area contributed by atoms with E-state index in [4.69, 9.17) is 9.84 Å². The number of aromatic carboxylic acids is 1. The van der Waals surface area contributed by atoms with Crippen molar-refractivity contribution in [2.24, 2.45) is 0 Å². The van der Waals surface area contributed by atoms with Crippen molar-refractivity contribution >= 4 is 35.1 Å². The molecule has 0 radical (unpaired) electrons. The number of hydrogen-bond donors (Lipinski definition) is 1. The van der Waals surface area contributed by atoms with Gasteiger partial charge in [-0.05, 0) is 22.9 Å². The second-order valence-corrected chi connectivity index (χ2v) is 4.63. The van der Waals surface area contributed by atoms with Crippen molar-refractivity contribution in [1.82, 2.24) is 0 Å². The Kier molecular flexibility index (Phi) is 3.02. The standard InChI is InChI=1S/C10H6O4S2/c11-5-14-7-2-4-16-9(7)8-6(10(12)13)1-3-15-8/h1-5H,(H,12,13). The SMILES string of the molecule is O=COc1ccsc1-c1sccc1C(=O)O. The summed E-state index contributed by atoms with van der Waals surface area (Å²) < 4.78 is 4.78. The normalized spacial score (nSPS) is 10.0. The monoisotopic (exact) mass is 254 g/mol. The fourth-order valence-corrected chi connectivity index (χ4v) is 3.16. The zero-order valence-corrected chi connectivity index (χ0v) is 9.51. The molecule has 0 spiro atoms. The molecule has 4 nitrogen and oxygen atoms in total. The van der Waals surface area contributed by atoms with E-state index < -0.39 is 5.97 Å². The second kappa shape index (κ2) is 4.46. The summed E-state index contributed by atoms with van der Waals surface area (Å²) in [6.07, 6.45) is 0. The molecule has 0 unspecified atom stereocenters. The third kappa shape index (κ3) is 1.84. The number of ether oxygens (including phenoxy) is 1. The highest BCUT2D eigenvalue weighted by Crippen LogP contribution is 2.40. The minimum absolute atomic E-state index is 0.225. The van der Waals surface area contributed by atoms with Crippen molar-refractivity contribution < 1.29 is 19.4 Å². The molecular weight excluding hydrogens is 248 g/mol. The third-order valence-electron chi connectivity index (χ3n) is 1.91. The molecule has 16 heavy (non-hydrogen) atoms. The van der Waals surface area contributed by atoms with E-state index in [0.29, 0.717) is 22.0 Å². The molecule has 2 aromatic heterocycles. The number of rotatable bonds is 4. The van der Waals surface area contributed by atoms with Gasteiger partial charge in [-0.15, -0.1) is 22.7 Å². The van der Waals surface area contributed by atoms with Crippen molar-refractivity contribution in [3.63, 3.8) is 0 Å². The average molecular weight is 254 g/mol. The lowest BCUT2D eigenvalue weighted by molar-refractivity contribution is -0.120. The van der Waals surface area contributed by atoms with Gasteiger partial charge >= 0.3 is 5.97 Å². The van der Waals surface area contributed by atoms with E-state index in [1.54, 1.807) is 16.8 Å². The van der Waals surface area contributed by atoms with E-state index >= 15 is 0 Å². The number of carbonyl (C=O) groups is 2. The van der Waals surface area contributed by atoms with Gasteiger partial charge in [0.05, 0.1) is 15.3 Å². The van der Waals surface area contributed by atoms with Crippen LogP contribution in [0.1, 0.15) is 10.4 Å². The second-order valence-electron chi connectivity index (χ2n) is 2.80. The van der Waals surface area contributed by atoms with Gasteiger partial charge in [0, 0.05) is 0 Å². The predicted molar refractivity (Wildman–Crippen MR) is 61.3 cm³/mol. The predicted octanol–water partition coefficient (Wildman–Crippen LogP) is 2.71. The molecule has 0 atom stereocenters. The number of carbonyl (C=O) groups excluding carboxylic acids is 1. The highest BCUT2D eigenvalue weighted by Gasteiger charge is 2.17. The minimum Gasteiger partial charge on any atom is -0.478 e. The molecule has 2 rings (SSSR count). The van der Waals surface area contributed by atoms with E-state index in [-0.39, 0.29) is 5.56 Å². The summed E-state index contributed by atoms with van der Waals surface area (Å²) in [7, 11) is 0. The largest absolute Gasteiger partial charge is 0.478 e. The fourth-order valence-electron chi connectivity index (χ4n) is 1.26. The Morgan fingerprint density at radius 2 is 1.94 bits per heavy atom. The van der Waals surface area contributed by atoms with E-state index in [9.17, 15) is 9.59 Å². The summed E-state index contributed by atoms with van der Waals surface area (Å²) in [6.45, 7) is 0.333. The van der Waals surface area contributed by atoms with Gasteiger partial charge in [0.1, 0.15) is 5.75 Å². The van der Waals surface area contributed by atoms with Crippen LogP contribution in [0.4, 0.5) is 0 Å². The number of carboxylic acid groups (broad SMARTS) is 1. The molecule has 1 N–H and O–H groups in total. The third-order valence-corrected chi connectivity index (χ3v) is 3.88. The van der Waals surface area contributed by atoms with E-state index in [0.717, 1.165) is 0 Å². The molecule has 6 heteroatoms. The van der Waals surface area contributed by atoms with Crippen LogP contribution in [0.3, 0.4) is 0 Å². The molecule has 0 saturated carbocycles. The van der Waals surface area contributed by atoms with E-state index in [1.807, 2.05) is 0 Å². The molecule has 0 fully saturated rings. The molecule has 0 aliphatic carbocycles. The quantitative estimate of drug-likeness (QED) is 0.852. The lowest BCUT2D eigenvalue weighted by Crippen LogP contribution is -1.95. The van der Waals surface area contributed by atoms with Gasteiger partial charge in [-0.25, -0.2) is 4.79 Å². The van der Waals surface area contributed by atoms with Gasteiger partial charge in [0.25, 0.3) is 6.47 Å². The molecule has 82 valence electrons. The lowest BCUT2D eigenvalue weighted by Gasteiger charge is -2.00. The van der Waals surface area contributed by atoms with E-state index in [1.165, 1.54) is 28.7 Å². The highest BCUT2D eigenvalue weighted by molar-refractivity contribution is 7.21. The Morgan fingerprint density at radius 1 is 1.25 bits per heavy atom. The van der Waals surface area contributed by atoms with Crippen LogP contribution in [0.15, 0.2) is 22.9 Å². The molecule has 0 aromatic carbocycles. The molecule has 0 aliphatic rings. The summed E-state index contributed by atoms with van der Waals surface area (Å²) in [5.74, 6) is -0.591. The Hall–Kier alpha value is -1.66. The molecule has 0 aliphatic heterocycles. The molecule has 2 aromatic rings. The highest BCUT2D eigenvalue weighted by atomic mass is 32.1. The van der Waals surface area contributed by atoms with Crippen LogP contribution in [0.2, 0.25) is 0 Å². The average Bonchev–Trinajstić information content (AvgIpc) is 2.83. The van der Waals surface area contributed by atoms with Crippen molar-refractivity contribution in [3.05, 3.63) is 28.5 Å². The van der Waals surface area contributed by atoms with Crippen molar-refractivity contribution in [3.8, 4) is 15.5 Å². The fraction of sp³-hybridized carbons (Fsp3) is 0. The van der Waals surface area contributed by atoms with Gasteiger partial charge in [0.2, 0.25) is 0 Å². The lowest BCUT2D eigenvalue weighted by atomic mass is 10.2. The van der Waals surface area contributed by atoms with Gasteiger partial charge in [-0.3, -0.25) is 4.79 Å². The van der Waals surface area contributed by atoms with E-state index in [2.05, 4.69) is 0 Å². The van der Waals surface area contributed by atoms with Gasteiger partial charge < -0.3 is 9.84 Å².